The van der Waals surface area contributed by atoms with Crippen LogP contribution >= 0.6 is 0 Å². The zero-order valence-corrected chi connectivity index (χ0v) is 18.5. The summed E-state index contributed by atoms with van der Waals surface area (Å²) < 4.78 is 10.9. The number of ether oxygens (including phenoxy) is 2. The second-order valence-corrected chi connectivity index (χ2v) is 7.93. The third-order valence-electron chi connectivity index (χ3n) is 5.73. The lowest BCUT2D eigenvalue weighted by Gasteiger charge is -2.20. The molecule has 0 radical (unpaired) electrons. The molecule has 1 unspecified atom stereocenters. The predicted octanol–water partition coefficient (Wildman–Crippen LogP) is 4.25. The van der Waals surface area contributed by atoms with Crippen LogP contribution in [0.4, 0.5) is 0 Å². The molecule has 0 spiro atoms. The van der Waals surface area contributed by atoms with Crippen LogP contribution < -0.4 is 4.74 Å². The zero-order valence-electron chi connectivity index (χ0n) is 18.5. The summed E-state index contributed by atoms with van der Waals surface area (Å²) in [4.78, 5) is 32.0. The fourth-order valence-electron chi connectivity index (χ4n) is 4.00. The number of rotatable bonds is 11. The molecule has 2 aromatic rings. The van der Waals surface area contributed by atoms with E-state index in [0.29, 0.717) is 23.9 Å². The SMILES string of the molecule is CCOC(=O)CC(C(=O)c1ccc(OCCCN2CCC[C@H]2C)cc1)c1ccccn1. The van der Waals surface area contributed by atoms with E-state index in [0.717, 1.165) is 18.7 Å². The van der Waals surface area contributed by atoms with Crippen LogP contribution in [-0.2, 0) is 9.53 Å². The Balaban J connectivity index is 1.58. The molecule has 1 aromatic heterocycles. The van der Waals surface area contributed by atoms with Crippen LogP contribution in [0, 0.1) is 0 Å². The number of nitrogens with zero attached hydrogens (tertiary/aromatic N) is 2. The molecule has 2 atom stereocenters. The number of Topliss-reactive ketones (excluding diaryl/α,β-unsaturated/α-hetero) is 1. The van der Waals surface area contributed by atoms with Gasteiger partial charge in [-0.2, -0.15) is 0 Å². The van der Waals surface area contributed by atoms with Crippen molar-refractivity contribution in [3.8, 4) is 5.75 Å². The monoisotopic (exact) mass is 424 g/mol. The Labute approximate surface area is 184 Å². The first-order valence-electron chi connectivity index (χ1n) is 11.2. The number of hydrogen-bond acceptors (Lipinski definition) is 6. The van der Waals surface area contributed by atoms with Gasteiger partial charge in [0, 0.05) is 24.3 Å². The van der Waals surface area contributed by atoms with Gasteiger partial charge >= 0.3 is 5.97 Å². The minimum absolute atomic E-state index is 0.0309. The number of aromatic nitrogens is 1. The fourth-order valence-corrected chi connectivity index (χ4v) is 4.00. The van der Waals surface area contributed by atoms with E-state index in [2.05, 4.69) is 16.8 Å². The Morgan fingerprint density at radius 2 is 2.00 bits per heavy atom. The summed E-state index contributed by atoms with van der Waals surface area (Å²) in [5, 5.41) is 0. The summed E-state index contributed by atoms with van der Waals surface area (Å²) in [5.41, 5.74) is 1.09. The van der Waals surface area contributed by atoms with Gasteiger partial charge < -0.3 is 14.4 Å². The van der Waals surface area contributed by atoms with Crippen molar-refractivity contribution in [3.05, 3.63) is 59.9 Å². The lowest BCUT2D eigenvalue weighted by Crippen LogP contribution is -2.28. The van der Waals surface area contributed by atoms with Crippen molar-refractivity contribution in [2.24, 2.45) is 0 Å². The number of likely N-dealkylation sites (tertiary alicyclic amines) is 1. The molecule has 1 aliphatic heterocycles. The molecule has 0 bridgehead atoms. The molecule has 2 heterocycles. The molecular weight excluding hydrogens is 392 g/mol. The zero-order chi connectivity index (χ0) is 22.1. The minimum atomic E-state index is -0.672. The van der Waals surface area contributed by atoms with Crippen molar-refractivity contribution in [3.63, 3.8) is 0 Å². The van der Waals surface area contributed by atoms with E-state index >= 15 is 0 Å². The smallest absolute Gasteiger partial charge is 0.306 e. The predicted molar refractivity (Wildman–Crippen MR) is 119 cm³/mol. The molecule has 0 N–H and O–H groups in total. The maximum absolute atomic E-state index is 13.1. The van der Waals surface area contributed by atoms with Gasteiger partial charge in [-0.25, -0.2) is 0 Å². The molecule has 31 heavy (non-hydrogen) atoms. The first-order valence-corrected chi connectivity index (χ1v) is 11.2. The third-order valence-corrected chi connectivity index (χ3v) is 5.73. The van der Waals surface area contributed by atoms with E-state index in [1.807, 2.05) is 18.2 Å². The lowest BCUT2D eigenvalue weighted by molar-refractivity contribution is -0.143. The van der Waals surface area contributed by atoms with Gasteiger partial charge in [0.25, 0.3) is 0 Å². The number of ketones is 1. The second-order valence-electron chi connectivity index (χ2n) is 7.93. The molecule has 0 saturated carbocycles. The van der Waals surface area contributed by atoms with Crippen LogP contribution in [0.3, 0.4) is 0 Å². The molecule has 6 nitrogen and oxygen atoms in total. The van der Waals surface area contributed by atoms with Crippen LogP contribution in [0.1, 0.15) is 61.5 Å². The number of esters is 1. The van der Waals surface area contributed by atoms with Gasteiger partial charge in [0.1, 0.15) is 5.75 Å². The average Bonchev–Trinajstić information content (AvgIpc) is 3.20. The van der Waals surface area contributed by atoms with Crippen molar-refractivity contribution >= 4 is 11.8 Å². The largest absolute Gasteiger partial charge is 0.494 e. The van der Waals surface area contributed by atoms with Crippen LogP contribution in [0.15, 0.2) is 48.7 Å². The van der Waals surface area contributed by atoms with Crippen LogP contribution in [0.25, 0.3) is 0 Å². The Bertz CT molecular complexity index is 838. The molecule has 1 fully saturated rings. The number of carbonyl (C=O) groups excluding carboxylic acids is 2. The highest BCUT2D eigenvalue weighted by atomic mass is 16.5. The highest BCUT2D eigenvalue weighted by molar-refractivity contribution is 6.02. The summed E-state index contributed by atoms with van der Waals surface area (Å²) in [5.74, 6) is -0.486. The van der Waals surface area contributed by atoms with Gasteiger partial charge in [0.2, 0.25) is 0 Å². The van der Waals surface area contributed by atoms with Gasteiger partial charge in [-0.3, -0.25) is 14.6 Å². The highest BCUT2D eigenvalue weighted by Gasteiger charge is 2.27. The topological polar surface area (TPSA) is 68.7 Å². The molecule has 6 heteroatoms. The first-order chi connectivity index (χ1) is 15.1. The second kappa shape index (κ2) is 11.6. The molecular formula is C25H32N2O4. The number of carbonyl (C=O) groups is 2. The number of hydrogen-bond donors (Lipinski definition) is 0. The van der Waals surface area contributed by atoms with E-state index in [9.17, 15) is 9.59 Å². The van der Waals surface area contributed by atoms with Crippen LogP contribution in [0.2, 0.25) is 0 Å². The van der Waals surface area contributed by atoms with Crippen molar-refractivity contribution in [1.29, 1.82) is 0 Å². The molecule has 0 aliphatic carbocycles. The average molecular weight is 425 g/mol. The van der Waals surface area contributed by atoms with Crippen LogP contribution in [-0.4, -0.2) is 54.0 Å². The summed E-state index contributed by atoms with van der Waals surface area (Å²) in [6, 6.07) is 13.2. The summed E-state index contributed by atoms with van der Waals surface area (Å²) in [7, 11) is 0. The fraction of sp³-hybridized carbons (Fsp3) is 0.480. The first kappa shape index (κ1) is 22.9. The van der Waals surface area contributed by atoms with Gasteiger partial charge in [0.05, 0.1) is 31.2 Å². The van der Waals surface area contributed by atoms with Crippen molar-refractivity contribution in [1.82, 2.24) is 9.88 Å². The normalized spacial score (nSPS) is 17.3. The molecule has 0 amide bonds. The van der Waals surface area contributed by atoms with Gasteiger partial charge in [0.15, 0.2) is 5.78 Å². The van der Waals surface area contributed by atoms with Crippen molar-refractivity contribution in [2.75, 3.05) is 26.3 Å². The van der Waals surface area contributed by atoms with E-state index in [1.54, 1.807) is 37.4 Å². The van der Waals surface area contributed by atoms with E-state index < -0.39 is 11.9 Å². The van der Waals surface area contributed by atoms with E-state index in [-0.39, 0.29) is 18.8 Å². The highest BCUT2D eigenvalue weighted by Crippen LogP contribution is 2.25. The Morgan fingerprint density at radius 1 is 1.19 bits per heavy atom. The minimum Gasteiger partial charge on any atom is -0.494 e. The summed E-state index contributed by atoms with van der Waals surface area (Å²) >= 11 is 0. The van der Waals surface area contributed by atoms with Crippen molar-refractivity contribution < 1.29 is 19.1 Å². The molecule has 1 saturated heterocycles. The third kappa shape index (κ3) is 6.62. The standard InChI is InChI=1S/C25H32N2O4/c1-3-30-24(28)18-22(23-9-4-5-14-26-23)25(29)20-10-12-21(13-11-20)31-17-7-16-27-15-6-8-19(27)2/h4-5,9-14,19,22H,3,6-8,15-18H2,1-2H3/t19-,22?/m1/s1. The quantitative estimate of drug-likeness (QED) is 0.305. The van der Waals surface area contributed by atoms with Crippen LogP contribution in [0.5, 0.6) is 5.75 Å². The van der Waals surface area contributed by atoms with Gasteiger partial charge in [-0.05, 0) is 76.1 Å². The lowest BCUT2D eigenvalue weighted by atomic mass is 9.91. The maximum Gasteiger partial charge on any atom is 0.306 e. The van der Waals surface area contributed by atoms with Gasteiger partial charge in [-0.15, -0.1) is 0 Å². The van der Waals surface area contributed by atoms with Gasteiger partial charge in [-0.1, -0.05) is 6.07 Å². The maximum atomic E-state index is 13.1. The summed E-state index contributed by atoms with van der Waals surface area (Å²) in [6.45, 7) is 7.20. The molecule has 3 rings (SSSR count). The molecule has 1 aromatic carbocycles. The summed E-state index contributed by atoms with van der Waals surface area (Å²) in [6.07, 6.45) is 5.14. The van der Waals surface area contributed by atoms with Crippen molar-refractivity contribution in [2.45, 2.75) is 51.5 Å². The Kier molecular flexibility index (Phi) is 8.59. The van der Waals surface area contributed by atoms with E-state index in [1.165, 1.54) is 19.4 Å². The Hall–Kier alpha value is -2.73. The molecule has 1 aliphatic rings. The van der Waals surface area contributed by atoms with E-state index in [4.69, 9.17) is 9.47 Å². The number of benzene rings is 1. The Morgan fingerprint density at radius 3 is 2.65 bits per heavy atom. The molecule has 166 valence electrons. The number of pyridine rings is 1.